The van der Waals surface area contributed by atoms with Crippen LogP contribution in [0.5, 0.6) is 0 Å². The predicted molar refractivity (Wildman–Crippen MR) is 34.7 cm³/mol. The van der Waals surface area contributed by atoms with Crippen molar-refractivity contribution in [3.8, 4) is 6.26 Å². The van der Waals surface area contributed by atoms with Gasteiger partial charge in [-0.1, -0.05) is 13.3 Å². The van der Waals surface area contributed by atoms with E-state index in [1.165, 1.54) is 0 Å². The number of rotatable bonds is 3. The quantitative estimate of drug-likeness (QED) is 0.582. The molecule has 0 unspecified atom stereocenters. The molecule has 0 aromatic carbocycles. The first-order valence-corrected chi connectivity index (χ1v) is 2.94. The molecular weight excluding hydrogens is 134 g/mol. The molecule has 0 heterocycles. The molecule has 58 valence electrons. The number of aliphatic carboxylic acids is 1. The van der Waals surface area contributed by atoms with E-state index < -0.39 is 5.97 Å². The van der Waals surface area contributed by atoms with Crippen LogP contribution in [0.3, 0.4) is 0 Å². The van der Waals surface area contributed by atoms with E-state index in [2.05, 4.69) is 0 Å². The summed E-state index contributed by atoms with van der Waals surface area (Å²) < 4.78 is 0. The molecule has 4 heteroatoms. The molecule has 0 aromatic heterocycles. The lowest BCUT2D eigenvalue weighted by Crippen LogP contribution is -1.91. The number of nitriles is 1. The van der Waals surface area contributed by atoms with Crippen LogP contribution in [0.25, 0.3) is 0 Å². The fourth-order valence-electron chi connectivity index (χ4n) is 0.328. The summed E-state index contributed by atoms with van der Waals surface area (Å²) in [4.78, 5) is 9.76. The average molecular weight is 145 g/mol. The SMILES string of the molecule is CCCCC(=O)O.N#CO. The van der Waals surface area contributed by atoms with Crippen LogP contribution in [-0.4, -0.2) is 16.2 Å². The van der Waals surface area contributed by atoms with E-state index in [4.69, 9.17) is 15.5 Å². The molecule has 4 nitrogen and oxygen atoms in total. The number of hydrogen-bond acceptors (Lipinski definition) is 3. The summed E-state index contributed by atoms with van der Waals surface area (Å²) in [5.74, 6) is -0.693. The highest BCUT2D eigenvalue weighted by molar-refractivity contribution is 5.66. The van der Waals surface area contributed by atoms with Crippen molar-refractivity contribution < 1.29 is 15.0 Å². The van der Waals surface area contributed by atoms with E-state index in [0.29, 0.717) is 6.42 Å². The topological polar surface area (TPSA) is 81.3 Å². The van der Waals surface area contributed by atoms with E-state index >= 15 is 0 Å². The molecule has 0 fully saturated rings. The minimum Gasteiger partial charge on any atom is -0.481 e. The highest BCUT2D eigenvalue weighted by Gasteiger charge is 1.90. The Balaban J connectivity index is 0. The molecule has 0 rings (SSSR count). The number of carbonyl (C=O) groups is 1. The second-order valence-electron chi connectivity index (χ2n) is 1.60. The van der Waals surface area contributed by atoms with Crippen LogP contribution in [-0.2, 0) is 4.79 Å². The molecule has 0 amide bonds. The number of aliphatic hydroxyl groups excluding tert-OH is 1. The summed E-state index contributed by atoms with van der Waals surface area (Å²) in [5, 5.41) is 21.8. The highest BCUT2D eigenvalue weighted by Crippen LogP contribution is 1.91. The van der Waals surface area contributed by atoms with Crippen molar-refractivity contribution in [2.75, 3.05) is 0 Å². The van der Waals surface area contributed by atoms with Gasteiger partial charge < -0.3 is 10.2 Å². The zero-order chi connectivity index (χ0) is 8.41. The fraction of sp³-hybridized carbons (Fsp3) is 0.667. The van der Waals surface area contributed by atoms with Gasteiger partial charge in [-0.15, -0.1) is 0 Å². The van der Waals surface area contributed by atoms with Gasteiger partial charge in [-0.05, 0) is 6.42 Å². The number of nitrogens with zero attached hydrogens (tertiary/aromatic N) is 1. The van der Waals surface area contributed by atoms with Gasteiger partial charge in [-0.3, -0.25) is 4.79 Å². The van der Waals surface area contributed by atoms with Gasteiger partial charge in [0.05, 0.1) is 0 Å². The lowest BCUT2D eigenvalue weighted by atomic mass is 10.3. The van der Waals surface area contributed by atoms with Gasteiger partial charge in [0.1, 0.15) is 0 Å². The van der Waals surface area contributed by atoms with E-state index in [1.54, 1.807) is 0 Å². The smallest absolute Gasteiger partial charge is 0.303 e. The summed E-state index contributed by atoms with van der Waals surface area (Å²) in [5.41, 5.74) is 0. The first-order chi connectivity index (χ1) is 4.68. The van der Waals surface area contributed by atoms with Gasteiger partial charge in [0, 0.05) is 6.42 Å². The predicted octanol–water partition coefficient (Wildman–Crippen LogP) is 1.10. The van der Waals surface area contributed by atoms with Crippen molar-refractivity contribution in [2.45, 2.75) is 26.2 Å². The molecule has 0 aliphatic carbocycles. The molecule has 0 aliphatic rings. The normalized spacial score (nSPS) is 6.80. The van der Waals surface area contributed by atoms with Crippen LogP contribution in [0.15, 0.2) is 0 Å². The largest absolute Gasteiger partial charge is 0.481 e. The Morgan fingerprint density at radius 1 is 1.70 bits per heavy atom. The minimum absolute atomic E-state index is 0.316. The molecule has 0 aromatic rings. The summed E-state index contributed by atoms with van der Waals surface area (Å²) >= 11 is 0. The van der Waals surface area contributed by atoms with E-state index in [0.717, 1.165) is 19.1 Å². The summed E-state index contributed by atoms with van der Waals surface area (Å²) in [6.07, 6.45) is 2.83. The molecular formula is C6H11NO3. The van der Waals surface area contributed by atoms with Gasteiger partial charge in [0.15, 0.2) is 0 Å². The first-order valence-electron chi connectivity index (χ1n) is 2.94. The number of hydrogen-bond donors (Lipinski definition) is 2. The van der Waals surface area contributed by atoms with Crippen LogP contribution in [0, 0.1) is 11.5 Å². The third kappa shape index (κ3) is 29.4. The number of carboxylic acids is 1. The van der Waals surface area contributed by atoms with Crippen molar-refractivity contribution in [2.24, 2.45) is 0 Å². The Kier molecular flexibility index (Phi) is 12.3. The second-order valence-corrected chi connectivity index (χ2v) is 1.60. The third-order valence-corrected chi connectivity index (χ3v) is 0.744. The molecule has 2 N–H and O–H groups in total. The Morgan fingerprint density at radius 3 is 2.20 bits per heavy atom. The van der Waals surface area contributed by atoms with Crippen LogP contribution in [0.2, 0.25) is 0 Å². The maximum Gasteiger partial charge on any atom is 0.303 e. The van der Waals surface area contributed by atoms with Crippen molar-refractivity contribution in [1.29, 1.82) is 5.26 Å². The summed E-state index contributed by atoms with van der Waals surface area (Å²) in [6.45, 7) is 1.98. The monoisotopic (exact) mass is 145 g/mol. The molecule has 10 heavy (non-hydrogen) atoms. The van der Waals surface area contributed by atoms with Crippen molar-refractivity contribution >= 4 is 5.97 Å². The van der Waals surface area contributed by atoms with Gasteiger partial charge in [0.25, 0.3) is 6.26 Å². The summed E-state index contributed by atoms with van der Waals surface area (Å²) in [7, 11) is 0. The molecule has 0 aliphatic heterocycles. The van der Waals surface area contributed by atoms with Crippen LogP contribution < -0.4 is 0 Å². The Hall–Kier alpha value is -1.24. The third-order valence-electron chi connectivity index (χ3n) is 0.744. The Morgan fingerprint density at radius 2 is 2.10 bits per heavy atom. The molecule has 0 atom stereocenters. The van der Waals surface area contributed by atoms with Crippen LogP contribution >= 0.6 is 0 Å². The molecule has 0 saturated heterocycles. The van der Waals surface area contributed by atoms with E-state index in [-0.39, 0.29) is 0 Å². The van der Waals surface area contributed by atoms with E-state index in [9.17, 15) is 4.79 Å². The lowest BCUT2D eigenvalue weighted by Gasteiger charge is -1.85. The Bertz CT molecular complexity index is 117. The van der Waals surface area contributed by atoms with Gasteiger partial charge >= 0.3 is 5.97 Å². The van der Waals surface area contributed by atoms with E-state index in [1.807, 2.05) is 6.92 Å². The lowest BCUT2D eigenvalue weighted by molar-refractivity contribution is -0.137. The number of unbranched alkanes of at least 4 members (excludes halogenated alkanes) is 1. The van der Waals surface area contributed by atoms with Crippen molar-refractivity contribution in [3.63, 3.8) is 0 Å². The highest BCUT2D eigenvalue weighted by atomic mass is 16.4. The fourth-order valence-corrected chi connectivity index (χ4v) is 0.328. The Labute approximate surface area is 59.7 Å². The number of carboxylic acid groups (broad SMARTS) is 1. The van der Waals surface area contributed by atoms with Crippen molar-refractivity contribution in [1.82, 2.24) is 0 Å². The summed E-state index contributed by atoms with van der Waals surface area (Å²) in [6, 6.07) is 0. The second kappa shape index (κ2) is 10.7. The molecule has 0 radical (unpaired) electrons. The van der Waals surface area contributed by atoms with Gasteiger partial charge in [0.2, 0.25) is 0 Å². The van der Waals surface area contributed by atoms with Gasteiger partial charge in [-0.25, -0.2) is 0 Å². The average Bonchev–Trinajstić information content (AvgIpc) is 1.85. The van der Waals surface area contributed by atoms with Crippen molar-refractivity contribution in [3.05, 3.63) is 0 Å². The zero-order valence-corrected chi connectivity index (χ0v) is 5.87. The minimum atomic E-state index is -0.693. The van der Waals surface area contributed by atoms with Crippen LogP contribution in [0.4, 0.5) is 0 Å². The number of aliphatic hydroxyl groups is 1. The zero-order valence-electron chi connectivity index (χ0n) is 5.87. The molecule has 0 saturated carbocycles. The first kappa shape index (κ1) is 11.5. The maximum absolute atomic E-state index is 9.76. The van der Waals surface area contributed by atoms with Crippen LogP contribution in [0.1, 0.15) is 26.2 Å². The standard InChI is InChI=1S/C5H10O2.CHNO/c1-2-3-4-5(6)7;2-1-3/h2-4H2,1H3,(H,6,7);3H. The molecule has 0 spiro atoms. The van der Waals surface area contributed by atoms with Gasteiger partial charge in [-0.2, -0.15) is 5.26 Å². The molecule has 0 bridgehead atoms. The maximum atomic E-state index is 9.76.